The van der Waals surface area contributed by atoms with Crippen molar-refractivity contribution < 1.29 is 13.3 Å². The van der Waals surface area contributed by atoms with Crippen LogP contribution in [0.3, 0.4) is 0 Å². The average molecular weight is 268 g/mol. The highest BCUT2D eigenvalue weighted by molar-refractivity contribution is 7.71. The summed E-state index contributed by atoms with van der Waals surface area (Å²) in [7, 11) is 0. The van der Waals surface area contributed by atoms with E-state index < -0.39 is 11.6 Å². The molecule has 1 aromatic carbocycles. The Bertz CT molecular complexity index is 762. The Hall–Kier alpha value is -2.09. The first-order valence-electron chi connectivity index (χ1n) is 4.98. The molecule has 1 N–H and O–H groups in total. The maximum atomic E-state index is 13.5. The standard InChI is InChI=1S/C10H6F2N4OS/c11-5-1-6(12)9-7(2-5)16(10(18)14-9)3-8-13-4-17-15-8/h1-2,4H,3H2,(H,14,18). The van der Waals surface area contributed by atoms with Crippen molar-refractivity contribution in [2.45, 2.75) is 6.54 Å². The second-order valence-electron chi connectivity index (χ2n) is 3.65. The third-order valence-electron chi connectivity index (χ3n) is 2.51. The molecule has 0 radical (unpaired) electrons. The molecule has 0 aliphatic carbocycles. The summed E-state index contributed by atoms with van der Waals surface area (Å²) in [6, 6.07) is 2.00. The van der Waals surface area contributed by atoms with Gasteiger partial charge in [0.1, 0.15) is 11.3 Å². The molecule has 0 aliphatic rings. The number of fused-ring (bicyclic) bond motifs is 1. The Morgan fingerprint density at radius 3 is 2.94 bits per heavy atom. The summed E-state index contributed by atoms with van der Waals surface area (Å²) in [4.78, 5) is 6.52. The van der Waals surface area contributed by atoms with E-state index >= 15 is 0 Å². The number of H-pyrrole nitrogens is 1. The second-order valence-corrected chi connectivity index (χ2v) is 4.03. The molecule has 2 aromatic heterocycles. The van der Waals surface area contributed by atoms with Crippen LogP contribution >= 0.6 is 12.2 Å². The lowest BCUT2D eigenvalue weighted by atomic mass is 10.3. The highest BCUT2D eigenvalue weighted by atomic mass is 32.1. The summed E-state index contributed by atoms with van der Waals surface area (Å²) in [6.07, 6.45) is 1.18. The summed E-state index contributed by atoms with van der Waals surface area (Å²) in [5, 5.41) is 3.63. The van der Waals surface area contributed by atoms with E-state index in [0.29, 0.717) is 11.3 Å². The summed E-state index contributed by atoms with van der Waals surface area (Å²) in [5.74, 6) is -0.990. The second kappa shape index (κ2) is 3.98. The maximum Gasteiger partial charge on any atom is 0.213 e. The fourth-order valence-corrected chi connectivity index (χ4v) is 2.01. The Morgan fingerprint density at radius 1 is 1.39 bits per heavy atom. The molecule has 0 fully saturated rings. The van der Waals surface area contributed by atoms with Gasteiger partial charge in [0.25, 0.3) is 0 Å². The molecule has 0 bridgehead atoms. The van der Waals surface area contributed by atoms with Gasteiger partial charge in [0.2, 0.25) is 6.39 Å². The lowest BCUT2D eigenvalue weighted by Gasteiger charge is -2.00. The molecule has 2 heterocycles. The fraction of sp³-hybridized carbons (Fsp3) is 0.100. The first kappa shape index (κ1) is 11.0. The largest absolute Gasteiger partial charge is 0.343 e. The van der Waals surface area contributed by atoms with Gasteiger partial charge in [-0.3, -0.25) is 0 Å². The van der Waals surface area contributed by atoms with E-state index in [-0.39, 0.29) is 16.8 Å². The highest BCUT2D eigenvalue weighted by Gasteiger charge is 2.12. The zero-order chi connectivity index (χ0) is 12.7. The van der Waals surface area contributed by atoms with Crippen molar-refractivity contribution in [2.75, 3.05) is 0 Å². The molecule has 0 aliphatic heterocycles. The fourth-order valence-electron chi connectivity index (χ4n) is 1.74. The van der Waals surface area contributed by atoms with Crippen molar-refractivity contribution in [3.63, 3.8) is 0 Å². The lowest BCUT2D eigenvalue weighted by Crippen LogP contribution is -2.01. The van der Waals surface area contributed by atoms with E-state index in [9.17, 15) is 8.78 Å². The number of halogens is 2. The molecule has 0 saturated heterocycles. The van der Waals surface area contributed by atoms with Gasteiger partial charge in [-0.2, -0.15) is 4.98 Å². The summed E-state index contributed by atoms with van der Waals surface area (Å²) < 4.78 is 33.1. The number of nitrogens with one attached hydrogen (secondary N) is 1. The summed E-state index contributed by atoms with van der Waals surface area (Å²) in [5.41, 5.74) is 0.479. The lowest BCUT2D eigenvalue weighted by molar-refractivity contribution is 0.408. The van der Waals surface area contributed by atoms with Crippen LogP contribution in [0.4, 0.5) is 8.78 Å². The normalized spacial score (nSPS) is 11.2. The van der Waals surface area contributed by atoms with Crippen LogP contribution in [0.25, 0.3) is 11.0 Å². The number of nitrogens with zero attached hydrogens (tertiary/aromatic N) is 3. The number of aromatic amines is 1. The third kappa shape index (κ3) is 1.70. The zero-order valence-electron chi connectivity index (χ0n) is 8.85. The molecule has 0 spiro atoms. The van der Waals surface area contributed by atoms with Crippen molar-refractivity contribution in [1.82, 2.24) is 19.7 Å². The van der Waals surface area contributed by atoms with Crippen LogP contribution in [0, 0.1) is 16.4 Å². The zero-order valence-corrected chi connectivity index (χ0v) is 9.67. The van der Waals surface area contributed by atoms with Gasteiger partial charge in [-0.05, 0) is 18.3 Å². The van der Waals surface area contributed by atoms with E-state index in [1.54, 1.807) is 0 Å². The Labute approximate surface area is 104 Å². The van der Waals surface area contributed by atoms with Gasteiger partial charge >= 0.3 is 0 Å². The number of hydrogen-bond acceptors (Lipinski definition) is 4. The van der Waals surface area contributed by atoms with Crippen molar-refractivity contribution in [1.29, 1.82) is 0 Å². The SMILES string of the molecule is Fc1cc(F)c2[nH]c(=S)n(Cc3ncon3)c2c1. The van der Waals surface area contributed by atoms with Crippen LogP contribution < -0.4 is 0 Å². The predicted molar refractivity (Wildman–Crippen MR) is 60.4 cm³/mol. The van der Waals surface area contributed by atoms with Crippen LogP contribution in [-0.2, 0) is 6.54 Å². The molecule has 8 heteroatoms. The topological polar surface area (TPSA) is 59.6 Å². The minimum Gasteiger partial charge on any atom is -0.343 e. The minimum atomic E-state index is -0.692. The quantitative estimate of drug-likeness (QED) is 0.725. The molecule has 5 nitrogen and oxygen atoms in total. The van der Waals surface area contributed by atoms with Gasteiger partial charge in [-0.15, -0.1) is 0 Å². The molecule has 92 valence electrons. The number of imidazole rings is 1. The van der Waals surface area contributed by atoms with Crippen LogP contribution in [0.2, 0.25) is 0 Å². The smallest absolute Gasteiger partial charge is 0.213 e. The third-order valence-corrected chi connectivity index (χ3v) is 2.83. The van der Waals surface area contributed by atoms with E-state index in [4.69, 9.17) is 12.2 Å². The van der Waals surface area contributed by atoms with Gasteiger partial charge in [-0.25, -0.2) is 8.78 Å². The summed E-state index contributed by atoms with van der Waals surface area (Å²) in [6.45, 7) is 0.179. The van der Waals surface area contributed by atoms with Crippen molar-refractivity contribution in [3.8, 4) is 0 Å². The molecule has 0 unspecified atom stereocenters. The number of hydrogen-bond donors (Lipinski definition) is 1. The Kier molecular flexibility index (Phi) is 2.44. The minimum absolute atomic E-state index is 0.157. The van der Waals surface area contributed by atoms with E-state index in [2.05, 4.69) is 19.6 Å². The first-order valence-corrected chi connectivity index (χ1v) is 5.39. The van der Waals surface area contributed by atoms with E-state index in [0.717, 1.165) is 6.07 Å². The highest BCUT2D eigenvalue weighted by Crippen LogP contribution is 2.19. The van der Waals surface area contributed by atoms with Crippen LogP contribution in [0.1, 0.15) is 5.82 Å². The van der Waals surface area contributed by atoms with Crippen LogP contribution in [0.15, 0.2) is 23.0 Å². The van der Waals surface area contributed by atoms with Crippen LogP contribution in [-0.4, -0.2) is 19.7 Å². The van der Waals surface area contributed by atoms with Gasteiger partial charge < -0.3 is 14.1 Å². The average Bonchev–Trinajstić information content (AvgIpc) is 2.91. The molecule has 0 amide bonds. The van der Waals surface area contributed by atoms with Gasteiger partial charge in [0.05, 0.1) is 12.1 Å². The van der Waals surface area contributed by atoms with Gasteiger partial charge in [0, 0.05) is 6.07 Å². The van der Waals surface area contributed by atoms with Crippen molar-refractivity contribution in [3.05, 3.63) is 40.8 Å². The molecule has 0 saturated carbocycles. The molecule has 3 aromatic rings. The molecule has 0 atom stereocenters. The molecular formula is C10H6F2N4OS. The summed E-state index contributed by atoms with van der Waals surface area (Å²) >= 11 is 5.06. The van der Waals surface area contributed by atoms with E-state index in [1.807, 2.05) is 0 Å². The number of aromatic nitrogens is 4. The monoisotopic (exact) mass is 268 g/mol. The molecular weight excluding hydrogens is 262 g/mol. The maximum absolute atomic E-state index is 13.5. The number of rotatable bonds is 2. The van der Waals surface area contributed by atoms with Gasteiger partial charge in [-0.1, -0.05) is 5.16 Å². The van der Waals surface area contributed by atoms with E-state index in [1.165, 1.54) is 17.0 Å². The first-order chi connectivity index (χ1) is 8.65. The Morgan fingerprint density at radius 2 is 2.22 bits per heavy atom. The number of benzene rings is 1. The van der Waals surface area contributed by atoms with Crippen molar-refractivity contribution >= 4 is 23.3 Å². The van der Waals surface area contributed by atoms with Crippen molar-refractivity contribution in [2.24, 2.45) is 0 Å². The molecule has 3 rings (SSSR count). The molecule has 18 heavy (non-hydrogen) atoms. The van der Waals surface area contributed by atoms with Crippen LogP contribution in [0.5, 0.6) is 0 Å². The predicted octanol–water partition coefficient (Wildman–Crippen LogP) is 2.41. The Balaban J connectivity index is 2.22. The van der Waals surface area contributed by atoms with Gasteiger partial charge in [0.15, 0.2) is 16.4 Å².